The fraction of sp³-hybridized carbons (Fsp3) is 0.185. The van der Waals surface area contributed by atoms with Gasteiger partial charge < -0.3 is 39.1 Å². The van der Waals surface area contributed by atoms with Crippen LogP contribution in [0.25, 0.3) is 32.7 Å². The summed E-state index contributed by atoms with van der Waals surface area (Å²) in [5, 5.41) is 21.3. The summed E-state index contributed by atoms with van der Waals surface area (Å²) < 4.78 is 10.6. The summed E-state index contributed by atoms with van der Waals surface area (Å²) in [6.45, 7) is 1.99. The van der Waals surface area contributed by atoms with Crippen LogP contribution < -0.4 is 15.3 Å². The predicted octanol–water partition coefficient (Wildman–Crippen LogP) is 6.79. The van der Waals surface area contributed by atoms with Crippen LogP contribution in [0.1, 0.15) is 22.5 Å². The van der Waals surface area contributed by atoms with Gasteiger partial charge in [0.1, 0.15) is 10.8 Å². The molecule has 12 rings (SSSR count). The lowest BCUT2D eigenvalue weighted by atomic mass is 9.75. The molecule has 4 aromatic heterocycles. The molecule has 2 spiro atoms. The number of benzene rings is 4. The van der Waals surface area contributed by atoms with Crippen molar-refractivity contribution in [2.75, 3.05) is 50.2 Å². The Morgan fingerprint density at radius 1 is 0.597 bits per heavy atom. The molecule has 4 aliphatic rings. The smallest absolute Gasteiger partial charge is 0.453 e. The van der Waals surface area contributed by atoms with Gasteiger partial charge in [-0.3, -0.25) is 29.5 Å². The molecule has 18 heteroatoms. The minimum absolute atomic E-state index is 0.000659. The topological polar surface area (TPSA) is 192 Å². The van der Waals surface area contributed by atoms with Crippen molar-refractivity contribution < 1.29 is 38.7 Å². The third kappa shape index (κ3) is 8.36. The quantitative estimate of drug-likeness (QED) is 0.166. The number of aromatic nitrogens is 4. The van der Waals surface area contributed by atoms with Gasteiger partial charge in [0.05, 0.1) is 38.7 Å². The Balaban J connectivity index is 0.000000143. The van der Waals surface area contributed by atoms with E-state index < -0.39 is 30.1 Å². The van der Waals surface area contributed by atoms with Gasteiger partial charge in [0, 0.05) is 95.5 Å². The third-order valence-electron chi connectivity index (χ3n) is 13.7. The highest BCUT2D eigenvalue weighted by molar-refractivity contribution is 9.10. The highest BCUT2D eigenvalue weighted by Gasteiger charge is 2.60. The van der Waals surface area contributed by atoms with E-state index in [2.05, 4.69) is 36.9 Å². The zero-order valence-corrected chi connectivity index (χ0v) is 40.7. The Morgan fingerprint density at radius 3 is 1.53 bits per heavy atom. The van der Waals surface area contributed by atoms with E-state index in [1.807, 2.05) is 120 Å². The van der Waals surface area contributed by atoms with Gasteiger partial charge in [-0.05, 0) is 85.3 Å². The van der Waals surface area contributed by atoms with Crippen molar-refractivity contribution in [2.24, 2.45) is 0 Å². The molecule has 2 saturated heterocycles. The van der Waals surface area contributed by atoms with E-state index in [-0.39, 0.29) is 11.8 Å². The Hall–Kier alpha value is -8.06. The molecule has 4 amide bonds. The molecule has 0 bridgehead atoms. The summed E-state index contributed by atoms with van der Waals surface area (Å²) in [6, 6.07) is 38.8. The molecule has 0 atom stereocenters. The minimum atomic E-state index is -1.38. The van der Waals surface area contributed by atoms with Gasteiger partial charge in [-0.2, -0.15) is 0 Å². The van der Waals surface area contributed by atoms with Crippen LogP contribution in [0.2, 0.25) is 0 Å². The van der Waals surface area contributed by atoms with E-state index in [0.29, 0.717) is 44.7 Å². The number of ether oxygens (including phenoxy) is 2. The van der Waals surface area contributed by atoms with Crippen LogP contribution in [-0.2, 0) is 43.0 Å². The largest absolute Gasteiger partial charge is 0.488 e. The van der Waals surface area contributed by atoms with Crippen LogP contribution >= 0.6 is 15.9 Å². The number of likely N-dealkylation sites (tertiary alicyclic amines) is 2. The van der Waals surface area contributed by atoms with Crippen LogP contribution in [0.15, 0.2) is 163 Å². The molecule has 8 aromatic rings. The summed E-state index contributed by atoms with van der Waals surface area (Å²) in [4.78, 5) is 75.2. The van der Waals surface area contributed by atoms with E-state index in [1.54, 1.807) is 39.2 Å². The second-order valence-corrected chi connectivity index (χ2v) is 18.6. The summed E-state index contributed by atoms with van der Waals surface area (Å²) in [7, 11) is 1.33. The molecule has 360 valence electrons. The minimum Gasteiger partial charge on any atom is -0.453 e. The number of rotatable bonds is 6. The highest BCUT2D eigenvalue weighted by atomic mass is 79.9. The van der Waals surface area contributed by atoms with Crippen molar-refractivity contribution in [3.63, 3.8) is 0 Å². The molecule has 0 radical (unpaired) electrons. The van der Waals surface area contributed by atoms with Crippen molar-refractivity contribution >= 4 is 85.4 Å². The lowest BCUT2D eigenvalue weighted by molar-refractivity contribution is -0.129. The number of halogens is 1. The number of anilines is 2. The number of amides is 4. The molecular weight excluding hydrogens is 979 g/mol. The van der Waals surface area contributed by atoms with Crippen molar-refractivity contribution in [3.8, 4) is 11.1 Å². The normalized spacial score (nSPS) is 15.5. The molecule has 0 saturated carbocycles. The van der Waals surface area contributed by atoms with E-state index >= 15 is 0 Å². The SMILES string of the molecule is COC(=O)N1CC2(C1)C(=O)N(Cc1ncc3ccccc3c1-c1ccncc1)c1ccccc12.COC(=O)N1CC2(C1)C(=O)N(Cc1ncc3ccccc3c1Br)c1ccccc12.OB(O)c1ccncc1. The number of pyridine rings is 4. The molecular formula is C54H46BBrN8O8. The first kappa shape index (κ1) is 47.6. The van der Waals surface area contributed by atoms with Gasteiger partial charge in [0.2, 0.25) is 11.8 Å². The Morgan fingerprint density at radius 2 is 1.03 bits per heavy atom. The number of carbonyl (C=O) groups excluding carboxylic acids is 4. The lowest BCUT2D eigenvalue weighted by Gasteiger charge is -2.45. The molecule has 4 aliphatic heterocycles. The third-order valence-corrected chi connectivity index (χ3v) is 14.6. The number of carbonyl (C=O) groups is 4. The van der Waals surface area contributed by atoms with Crippen LogP contribution in [0.3, 0.4) is 0 Å². The summed E-state index contributed by atoms with van der Waals surface area (Å²) in [5.74, 6) is -0.00907. The number of methoxy groups -OCH3 is 2. The van der Waals surface area contributed by atoms with E-state index in [4.69, 9.17) is 24.5 Å². The van der Waals surface area contributed by atoms with Gasteiger partial charge in [-0.25, -0.2) is 9.59 Å². The molecule has 8 heterocycles. The van der Waals surface area contributed by atoms with Gasteiger partial charge in [-0.15, -0.1) is 0 Å². The van der Waals surface area contributed by atoms with Gasteiger partial charge in [0.25, 0.3) is 0 Å². The van der Waals surface area contributed by atoms with Crippen molar-refractivity contribution in [2.45, 2.75) is 23.9 Å². The summed E-state index contributed by atoms with van der Waals surface area (Å²) in [5.41, 5.74) is 6.30. The first-order valence-electron chi connectivity index (χ1n) is 23.0. The first-order valence-corrected chi connectivity index (χ1v) is 23.8. The monoisotopic (exact) mass is 1020 g/mol. The average Bonchev–Trinajstić information content (AvgIpc) is 3.79. The van der Waals surface area contributed by atoms with Crippen LogP contribution in [0.4, 0.5) is 21.0 Å². The fourth-order valence-electron chi connectivity index (χ4n) is 10.1. The van der Waals surface area contributed by atoms with Crippen LogP contribution in [0, 0.1) is 0 Å². The highest BCUT2D eigenvalue weighted by Crippen LogP contribution is 2.50. The van der Waals surface area contributed by atoms with E-state index in [1.165, 1.54) is 26.6 Å². The Labute approximate surface area is 422 Å². The van der Waals surface area contributed by atoms with E-state index in [0.717, 1.165) is 71.0 Å². The Bertz CT molecular complexity index is 3380. The molecule has 4 aromatic carbocycles. The van der Waals surface area contributed by atoms with Crippen LogP contribution in [0.5, 0.6) is 0 Å². The summed E-state index contributed by atoms with van der Waals surface area (Å²) >= 11 is 3.68. The average molecular weight is 1030 g/mol. The maximum absolute atomic E-state index is 13.8. The lowest BCUT2D eigenvalue weighted by Crippen LogP contribution is -2.65. The number of hydrogen-bond acceptors (Lipinski definition) is 12. The van der Waals surface area contributed by atoms with Crippen molar-refractivity contribution in [1.29, 1.82) is 0 Å². The van der Waals surface area contributed by atoms with Crippen molar-refractivity contribution in [1.82, 2.24) is 29.7 Å². The van der Waals surface area contributed by atoms with Crippen molar-refractivity contribution in [3.05, 3.63) is 185 Å². The standard InChI is InChI=1S/C27H22N4O3.C22H18BrN3O3.C5H6BNO2/c1-34-26(33)30-16-27(17-30)21-8-4-5-9-23(21)31(25(27)32)15-22-24(18-10-12-28-13-11-18)20-7-3-2-6-19(20)14-29-22;1-29-21(28)25-12-22(13-25)16-8-4-5-9-18(16)26(20(22)27)11-17-19(23)15-7-3-2-6-14(15)10-24-17;8-6(9)5-1-3-7-4-2-5/h2-14H,15-17H2,1H3;2-10H,11-13H2,1H3;1-4,8-9H. The molecule has 72 heavy (non-hydrogen) atoms. The maximum atomic E-state index is 13.8. The second-order valence-electron chi connectivity index (χ2n) is 17.8. The molecule has 0 aliphatic carbocycles. The number of fused-ring (bicyclic) bond motifs is 6. The molecule has 16 nitrogen and oxygen atoms in total. The molecule has 2 N–H and O–H groups in total. The zero-order chi connectivity index (χ0) is 50.1. The fourth-order valence-corrected chi connectivity index (χ4v) is 10.7. The predicted molar refractivity (Wildman–Crippen MR) is 275 cm³/mol. The van der Waals surface area contributed by atoms with E-state index in [9.17, 15) is 19.2 Å². The van der Waals surface area contributed by atoms with Gasteiger partial charge >= 0.3 is 19.3 Å². The molecule has 0 unspecified atom stereocenters. The van der Waals surface area contributed by atoms with Gasteiger partial charge in [-0.1, -0.05) is 84.9 Å². The van der Waals surface area contributed by atoms with Gasteiger partial charge in [0.15, 0.2) is 0 Å². The number of hydrogen-bond donors (Lipinski definition) is 2. The zero-order valence-electron chi connectivity index (χ0n) is 39.1. The summed E-state index contributed by atoms with van der Waals surface area (Å²) in [6.07, 6.45) is 9.43. The number of para-hydroxylation sites is 2. The first-order chi connectivity index (χ1) is 35.0. The number of nitrogens with zero attached hydrogens (tertiary/aromatic N) is 8. The second kappa shape index (κ2) is 19.6. The van der Waals surface area contributed by atoms with Crippen LogP contribution in [-0.4, -0.2) is 111 Å². The molecule has 2 fully saturated rings. The maximum Gasteiger partial charge on any atom is 0.488 e. The Kier molecular flexibility index (Phi) is 13.0.